The van der Waals surface area contributed by atoms with E-state index in [0.29, 0.717) is 16.3 Å². The van der Waals surface area contributed by atoms with Crippen molar-refractivity contribution in [2.75, 3.05) is 18.6 Å². The summed E-state index contributed by atoms with van der Waals surface area (Å²) in [7, 11) is 1.27. The second kappa shape index (κ2) is 8.82. The molecule has 4 aromatic rings. The minimum absolute atomic E-state index is 0.0976. The SMILES string of the molecule is COc1cn(-c2ccc3c(c2F)C(C)(C)C(=O)N3CC(F)(F)F)nc(-c2ccnn2-c2ccccc2)c1=O. The normalized spacial score (nSPS) is 14.6. The number of hydrogen-bond donors (Lipinski definition) is 0. The van der Waals surface area contributed by atoms with E-state index in [1.165, 1.54) is 50.2 Å². The van der Waals surface area contributed by atoms with Crippen LogP contribution in [0.5, 0.6) is 5.75 Å². The van der Waals surface area contributed by atoms with Gasteiger partial charge >= 0.3 is 6.18 Å². The molecule has 1 amide bonds. The molecular weight excluding hydrogens is 506 g/mol. The van der Waals surface area contributed by atoms with Gasteiger partial charge in [-0.1, -0.05) is 18.2 Å². The monoisotopic (exact) mass is 527 g/mol. The predicted molar refractivity (Wildman–Crippen MR) is 130 cm³/mol. The van der Waals surface area contributed by atoms with Crippen LogP contribution in [0.4, 0.5) is 23.2 Å². The molecule has 0 spiro atoms. The molecule has 2 aromatic heterocycles. The second-order valence-corrected chi connectivity index (χ2v) is 9.21. The Hall–Kier alpha value is -4.48. The third-order valence-corrected chi connectivity index (χ3v) is 6.37. The number of benzene rings is 2. The van der Waals surface area contributed by atoms with Crippen LogP contribution in [0.3, 0.4) is 0 Å². The standard InChI is InChI=1S/C26H21F4N5O3/c1-25(2)20-16(33(24(25)37)14-26(28,29)30)9-10-17(21(20)27)34-13-19(38-3)23(36)22(32-34)18-11-12-31-35(18)15-7-5-4-6-8-15/h4-13H,14H2,1-3H3. The van der Waals surface area contributed by atoms with Gasteiger partial charge < -0.3 is 9.64 Å². The number of rotatable bonds is 5. The van der Waals surface area contributed by atoms with Crippen LogP contribution in [-0.2, 0) is 10.2 Å². The number of carbonyl (C=O) groups excluding carboxylic acids is 1. The average Bonchev–Trinajstić information content (AvgIpc) is 3.42. The average molecular weight is 527 g/mol. The molecule has 1 aliphatic heterocycles. The number of amides is 1. The largest absolute Gasteiger partial charge is 0.491 e. The lowest BCUT2D eigenvalue weighted by Crippen LogP contribution is -2.41. The Morgan fingerprint density at radius 2 is 1.68 bits per heavy atom. The number of aromatic nitrogens is 4. The molecule has 3 heterocycles. The van der Waals surface area contributed by atoms with Gasteiger partial charge in [0, 0.05) is 5.56 Å². The van der Waals surface area contributed by atoms with Crippen LogP contribution in [0.2, 0.25) is 0 Å². The van der Waals surface area contributed by atoms with Gasteiger partial charge in [0.25, 0.3) is 5.43 Å². The van der Waals surface area contributed by atoms with Gasteiger partial charge in [-0.25, -0.2) is 13.8 Å². The quantitative estimate of drug-likeness (QED) is 0.359. The van der Waals surface area contributed by atoms with Gasteiger partial charge in [0.2, 0.25) is 5.91 Å². The first-order valence-corrected chi connectivity index (χ1v) is 11.4. The number of para-hydroxylation sites is 1. The molecule has 0 atom stereocenters. The number of hydrogen-bond acceptors (Lipinski definition) is 5. The molecule has 12 heteroatoms. The first kappa shape index (κ1) is 25.2. The fourth-order valence-corrected chi connectivity index (χ4v) is 4.60. The highest BCUT2D eigenvalue weighted by Gasteiger charge is 2.49. The number of anilines is 1. The smallest absolute Gasteiger partial charge is 0.406 e. The molecule has 5 rings (SSSR count). The number of methoxy groups -OCH3 is 1. The first-order valence-electron chi connectivity index (χ1n) is 11.4. The molecule has 0 unspecified atom stereocenters. The van der Waals surface area contributed by atoms with Crippen LogP contribution in [-0.4, -0.2) is 45.3 Å². The summed E-state index contributed by atoms with van der Waals surface area (Å²) in [6.07, 6.45) is -2.02. The summed E-state index contributed by atoms with van der Waals surface area (Å²) in [5, 5.41) is 8.63. The minimum atomic E-state index is -4.67. The maximum atomic E-state index is 16.0. The predicted octanol–water partition coefficient (Wildman–Crippen LogP) is 4.42. The Morgan fingerprint density at radius 1 is 1.00 bits per heavy atom. The number of ether oxygens (including phenoxy) is 1. The van der Waals surface area contributed by atoms with Crippen molar-refractivity contribution in [1.29, 1.82) is 0 Å². The lowest BCUT2D eigenvalue weighted by atomic mass is 9.85. The highest BCUT2D eigenvalue weighted by molar-refractivity contribution is 6.08. The van der Waals surface area contributed by atoms with E-state index in [4.69, 9.17) is 4.74 Å². The van der Waals surface area contributed by atoms with Gasteiger partial charge in [0.05, 0.1) is 42.0 Å². The highest BCUT2D eigenvalue weighted by atomic mass is 19.4. The molecule has 0 fully saturated rings. The van der Waals surface area contributed by atoms with Gasteiger partial charge in [-0.2, -0.15) is 23.4 Å². The topological polar surface area (TPSA) is 82.2 Å². The number of carbonyl (C=O) groups is 1. The van der Waals surface area contributed by atoms with Crippen molar-refractivity contribution in [1.82, 2.24) is 19.6 Å². The molecule has 0 saturated carbocycles. The Balaban J connectivity index is 1.69. The minimum Gasteiger partial charge on any atom is -0.491 e. The van der Waals surface area contributed by atoms with Crippen molar-refractivity contribution in [2.24, 2.45) is 0 Å². The Morgan fingerprint density at radius 3 is 2.34 bits per heavy atom. The van der Waals surface area contributed by atoms with E-state index in [0.717, 1.165) is 4.68 Å². The molecule has 2 aromatic carbocycles. The fourth-order valence-electron chi connectivity index (χ4n) is 4.60. The number of nitrogens with zero attached hydrogens (tertiary/aromatic N) is 5. The zero-order valence-corrected chi connectivity index (χ0v) is 20.5. The zero-order chi connectivity index (χ0) is 27.4. The third kappa shape index (κ3) is 4.01. The van der Waals surface area contributed by atoms with Crippen molar-refractivity contribution in [3.05, 3.63) is 82.5 Å². The molecule has 8 nitrogen and oxygen atoms in total. The summed E-state index contributed by atoms with van der Waals surface area (Å²) < 4.78 is 63.4. The van der Waals surface area contributed by atoms with Crippen LogP contribution in [0.25, 0.3) is 22.8 Å². The maximum absolute atomic E-state index is 16.0. The summed E-state index contributed by atoms with van der Waals surface area (Å²) in [5.74, 6) is -1.96. The van der Waals surface area contributed by atoms with Crippen molar-refractivity contribution in [3.8, 4) is 28.5 Å². The summed E-state index contributed by atoms with van der Waals surface area (Å²) in [4.78, 5) is 26.6. The molecule has 0 bridgehead atoms. The number of fused-ring (bicyclic) bond motifs is 1. The highest BCUT2D eigenvalue weighted by Crippen LogP contribution is 2.45. The van der Waals surface area contributed by atoms with Gasteiger partial charge in [-0.05, 0) is 44.2 Å². The fraction of sp³-hybridized carbons (Fsp3) is 0.231. The van der Waals surface area contributed by atoms with Gasteiger partial charge in [-0.3, -0.25) is 9.59 Å². The van der Waals surface area contributed by atoms with Crippen LogP contribution in [0, 0.1) is 5.82 Å². The van der Waals surface area contributed by atoms with Gasteiger partial charge in [-0.15, -0.1) is 0 Å². The van der Waals surface area contributed by atoms with Gasteiger partial charge in [0.1, 0.15) is 12.2 Å². The molecule has 38 heavy (non-hydrogen) atoms. The van der Waals surface area contributed by atoms with Crippen LogP contribution < -0.4 is 15.1 Å². The van der Waals surface area contributed by atoms with Crippen molar-refractivity contribution in [2.45, 2.75) is 25.4 Å². The molecule has 0 aliphatic carbocycles. The maximum Gasteiger partial charge on any atom is 0.406 e. The van der Waals surface area contributed by atoms with E-state index in [1.807, 2.05) is 6.07 Å². The summed E-state index contributed by atoms with van der Waals surface area (Å²) >= 11 is 0. The molecule has 0 N–H and O–H groups in total. The third-order valence-electron chi connectivity index (χ3n) is 6.37. The lowest BCUT2D eigenvalue weighted by molar-refractivity contribution is -0.134. The van der Waals surface area contributed by atoms with E-state index in [-0.39, 0.29) is 28.4 Å². The Bertz CT molecular complexity index is 1610. The van der Waals surface area contributed by atoms with E-state index in [9.17, 15) is 22.8 Å². The van der Waals surface area contributed by atoms with Gasteiger partial charge in [0.15, 0.2) is 17.3 Å². The van der Waals surface area contributed by atoms with E-state index in [1.54, 1.807) is 30.3 Å². The Labute approximate surface area is 213 Å². The molecule has 1 aliphatic rings. The zero-order valence-electron chi connectivity index (χ0n) is 20.5. The van der Waals surface area contributed by atoms with Crippen molar-refractivity contribution < 1.29 is 27.1 Å². The number of halogens is 4. The van der Waals surface area contributed by atoms with Crippen LogP contribution in [0.1, 0.15) is 19.4 Å². The summed E-state index contributed by atoms with van der Waals surface area (Å²) in [6.45, 7) is 1.18. The van der Waals surface area contributed by atoms with E-state index >= 15 is 4.39 Å². The van der Waals surface area contributed by atoms with E-state index in [2.05, 4.69) is 10.2 Å². The summed E-state index contributed by atoms with van der Waals surface area (Å²) in [6, 6.07) is 13.0. The molecule has 0 radical (unpaired) electrons. The molecular formula is C26H21F4N5O3. The van der Waals surface area contributed by atoms with Crippen molar-refractivity contribution in [3.63, 3.8) is 0 Å². The second-order valence-electron chi connectivity index (χ2n) is 9.21. The lowest BCUT2D eigenvalue weighted by Gasteiger charge is -2.21. The summed E-state index contributed by atoms with van der Waals surface area (Å²) in [5.41, 5.74) is -1.83. The molecule has 196 valence electrons. The number of alkyl halides is 3. The van der Waals surface area contributed by atoms with Crippen LogP contribution >= 0.6 is 0 Å². The Kier molecular flexibility index (Phi) is 5.85. The van der Waals surface area contributed by atoms with E-state index < -0.39 is 35.3 Å². The van der Waals surface area contributed by atoms with Crippen molar-refractivity contribution >= 4 is 11.6 Å². The van der Waals surface area contributed by atoms with Crippen LogP contribution in [0.15, 0.2) is 65.7 Å². The first-order chi connectivity index (χ1) is 17.9. The molecule has 0 saturated heterocycles.